The average Bonchev–Trinajstić information content (AvgIpc) is 3.17. The minimum absolute atomic E-state index is 0.0796. The summed E-state index contributed by atoms with van der Waals surface area (Å²) in [5, 5.41) is 2.97. The summed E-state index contributed by atoms with van der Waals surface area (Å²) in [5.74, 6) is 0.828. The van der Waals surface area contributed by atoms with Crippen molar-refractivity contribution in [3.05, 3.63) is 75.7 Å². The van der Waals surface area contributed by atoms with Gasteiger partial charge in [0.05, 0.1) is 0 Å². The number of carbonyl (C=O) groups excluding carboxylic acids is 1. The number of ether oxygens (including phenoxy) is 1. The monoisotopic (exact) mass is 407 g/mol. The van der Waals surface area contributed by atoms with Gasteiger partial charge >= 0.3 is 0 Å². The van der Waals surface area contributed by atoms with Crippen LogP contribution in [0.3, 0.4) is 0 Å². The first kappa shape index (κ1) is 19.5. The molecule has 1 saturated heterocycles. The van der Waals surface area contributed by atoms with Gasteiger partial charge in [0.2, 0.25) is 0 Å². The fraction of sp³-hybridized carbons (Fsp3) is 0.304. The summed E-state index contributed by atoms with van der Waals surface area (Å²) < 4.78 is 5.77. The predicted octanol–water partition coefficient (Wildman–Crippen LogP) is 4.30. The van der Waals surface area contributed by atoms with Gasteiger partial charge in [-0.1, -0.05) is 12.1 Å². The lowest BCUT2D eigenvalue weighted by Gasteiger charge is -2.36. The molecule has 0 bridgehead atoms. The molecule has 2 heterocycles. The van der Waals surface area contributed by atoms with E-state index in [2.05, 4.69) is 41.1 Å². The van der Waals surface area contributed by atoms with Crippen molar-refractivity contribution in [2.75, 3.05) is 31.1 Å². The van der Waals surface area contributed by atoms with Gasteiger partial charge in [-0.05, 0) is 55.8 Å². The first-order chi connectivity index (χ1) is 14.1. The predicted molar refractivity (Wildman–Crippen MR) is 117 cm³/mol. The third kappa shape index (κ3) is 4.77. The molecule has 0 atom stereocenters. The number of thiazole rings is 1. The van der Waals surface area contributed by atoms with E-state index >= 15 is 0 Å². The van der Waals surface area contributed by atoms with Gasteiger partial charge in [0.25, 0.3) is 5.91 Å². The Balaban J connectivity index is 1.31. The highest BCUT2D eigenvalue weighted by molar-refractivity contribution is 7.09. The second-order valence-corrected chi connectivity index (χ2v) is 8.26. The van der Waals surface area contributed by atoms with Gasteiger partial charge in [-0.2, -0.15) is 0 Å². The van der Waals surface area contributed by atoms with Crippen molar-refractivity contribution in [2.24, 2.45) is 0 Å². The molecule has 29 heavy (non-hydrogen) atoms. The molecule has 1 fully saturated rings. The Morgan fingerprint density at radius 2 is 1.83 bits per heavy atom. The Bertz CT molecular complexity index is 976. The van der Waals surface area contributed by atoms with Crippen molar-refractivity contribution in [3.63, 3.8) is 0 Å². The van der Waals surface area contributed by atoms with E-state index < -0.39 is 0 Å². The molecule has 6 heteroatoms. The Labute approximate surface area is 175 Å². The summed E-state index contributed by atoms with van der Waals surface area (Å²) in [6.07, 6.45) is 0. The number of nitrogens with zero attached hydrogens (tertiary/aromatic N) is 3. The summed E-state index contributed by atoms with van der Waals surface area (Å²) in [4.78, 5) is 21.5. The number of piperazine rings is 1. The first-order valence-corrected chi connectivity index (χ1v) is 10.7. The van der Waals surface area contributed by atoms with Crippen LogP contribution in [-0.4, -0.2) is 42.0 Å². The van der Waals surface area contributed by atoms with Gasteiger partial charge in [-0.15, -0.1) is 11.3 Å². The molecule has 0 N–H and O–H groups in total. The van der Waals surface area contributed by atoms with Gasteiger partial charge in [-0.3, -0.25) is 4.79 Å². The maximum atomic E-state index is 12.8. The second kappa shape index (κ2) is 8.66. The summed E-state index contributed by atoms with van der Waals surface area (Å²) in [6, 6.07) is 15.9. The Hall–Kier alpha value is -2.86. The lowest BCUT2D eigenvalue weighted by molar-refractivity contribution is 0.0746. The molecule has 0 radical (unpaired) electrons. The van der Waals surface area contributed by atoms with Crippen LogP contribution in [0, 0.1) is 13.8 Å². The van der Waals surface area contributed by atoms with Crippen LogP contribution in [0.15, 0.2) is 53.9 Å². The fourth-order valence-corrected chi connectivity index (χ4v) is 4.17. The highest BCUT2D eigenvalue weighted by Gasteiger charge is 2.22. The number of hydrogen-bond donors (Lipinski definition) is 0. The minimum atomic E-state index is 0.0796. The fourth-order valence-electron chi connectivity index (χ4n) is 3.48. The molecular formula is C23H25N3O2S. The zero-order valence-electron chi connectivity index (χ0n) is 16.8. The summed E-state index contributed by atoms with van der Waals surface area (Å²) in [6.45, 7) is 7.69. The molecule has 0 saturated carbocycles. The number of carbonyl (C=O) groups is 1. The number of aromatic nitrogens is 1. The highest BCUT2D eigenvalue weighted by atomic mass is 32.1. The van der Waals surface area contributed by atoms with Gasteiger partial charge in [0, 0.05) is 48.5 Å². The van der Waals surface area contributed by atoms with Crippen molar-refractivity contribution < 1.29 is 9.53 Å². The van der Waals surface area contributed by atoms with E-state index in [1.165, 1.54) is 11.3 Å². The standard InChI is InChI=1S/C23H25N3O2S/c1-17-4-3-5-20(14-17)25-10-12-26(13-11-25)23(27)19-6-8-21(9-7-19)28-15-22-24-18(2)16-29-22/h3-9,14,16H,10-13,15H2,1-2H3. The van der Waals surface area contributed by atoms with E-state index in [0.717, 1.165) is 42.6 Å². The van der Waals surface area contributed by atoms with Crippen LogP contribution >= 0.6 is 11.3 Å². The SMILES string of the molecule is Cc1cccc(N2CCN(C(=O)c3ccc(OCc4nc(C)cs4)cc3)CC2)c1. The van der Waals surface area contributed by atoms with Crippen LogP contribution in [0.2, 0.25) is 0 Å². The Morgan fingerprint density at radius 3 is 2.48 bits per heavy atom. The first-order valence-electron chi connectivity index (χ1n) is 9.83. The van der Waals surface area contributed by atoms with Gasteiger partial charge in [0.15, 0.2) is 0 Å². The number of hydrogen-bond acceptors (Lipinski definition) is 5. The zero-order chi connectivity index (χ0) is 20.2. The number of rotatable bonds is 5. The summed E-state index contributed by atoms with van der Waals surface area (Å²) >= 11 is 1.59. The van der Waals surface area contributed by atoms with Gasteiger partial charge in [0.1, 0.15) is 17.4 Å². The van der Waals surface area contributed by atoms with Gasteiger partial charge < -0.3 is 14.5 Å². The number of aryl methyl sites for hydroxylation is 2. The molecule has 0 unspecified atom stereocenters. The largest absolute Gasteiger partial charge is 0.486 e. The summed E-state index contributed by atoms with van der Waals surface area (Å²) in [5.41, 5.74) is 4.20. The Morgan fingerprint density at radius 1 is 1.07 bits per heavy atom. The zero-order valence-corrected chi connectivity index (χ0v) is 17.6. The van der Waals surface area contributed by atoms with Crippen molar-refractivity contribution in [1.29, 1.82) is 0 Å². The van der Waals surface area contributed by atoms with E-state index in [4.69, 9.17) is 4.74 Å². The minimum Gasteiger partial charge on any atom is -0.486 e. The molecule has 0 aliphatic carbocycles. The number of anilines is 1. The van der Waals surface area contributed by atoms with Crippen LogP contribution < -0.4 is 9.64 Å². The van der Waals surface area contributed by atoms with E-state index in [-0.39, 0.29) is 5.91 Å². The molecule has 4 rings (SSSR count). The molecule has 2 aromatic carbocycles. The molecule has 1 aromatic heterocycles. The molecule has 150 valence electrons. The van der Waals surface area contributed by atoms with Crippen LogP contribution in [-0.2, 0) is 6.61 Å². The number of benzene rings is 2. The van der Waals surface area contributed by atoms with Crippen LogP contribution in [0.4, 0.5) is 5.69 Å². The molecule has 1 aliphatic heterocycles. The lowest BCUT2D eigenvalue weighted by atomic mass is 10.1. The van der Waals surface area contributed by atoms with Crippen LogP contribution in [0.25, 0.3) is 0 Å². The topological polar surface area (TPSA) is 45.7 Å². The normalized spacial score (nSPS) is 14.1. The van der Waals surface area contributed by atoms with Crippen molar-refractivity contribution in [1.82, 2.24) is 9.88 Å². The smallest absolute Gasteiger partial charge is 0.253 e. The van der Waals surface area contributed by atoms with E-state index in [1.807, 2.05) is 41.5 Å². The molecule has 3 aromatic rings. The third-order valence-corrected chi connectivity index (χ3v) is 6.00. The van der Waals surface area contributed by atoms with Crippen molar-refractivity contribution in [3.8, 4) is 5.75 Å². The molecule has 0 spiro atoms. The average molecular weight is 408 g/mol. The molecule has 1 aliphatic rings. The molecule has 1 amide bonds. The van der Waals surface area contributed by atoms with Crippen LogP contribution in [0.1, 0.15) is 26.6 Å². The third-order valence-electron chi connectivity index (χ3n) is 5.06. The second-order valence-electron chi connectivity index (χ2n) is 7.31. The van der Waals surface area contributed by atoms with E-state index in [0.29, 0.717) is 12.2 Å². The number of amides is 1. The molecular weight excluding hydrogens is 382 g/mol. The van der Waals surface area contributed by atoms with E-state index in [9.17, 15) is 4.79 Å². The highest BCUT2D eigenvalue weighted by Crippen LogP contribution is 2.20. The maximum Gasteiger partial charge on any atom is 0.253 e. The molecule has 5 nitrogen and oxygen atoms in total. The van der Waals surface area contributed by atoms with Crippen LogP contribution in [0.5, 0.6) is 5.75 Å². The summed E-state index contributed by atoms with van der Waals surface area (Å²) in [7, 11) is 0. The lowest BCUT2D eigenvalue weighted by Crippen LogP contribution is -2.48. The van der Waals surface area contributed by atoms with Crippen molar-refractivity contribution in [2.45, 2.75) is 20.5 Å². The van der Waals surface area contributed by atoms with E-state index in [1.54, 1.807) is 11.3 Å². The van der Waals surface area contributed by atoms with Gasteiger partial charge in [-0.25, -0.2) is 4.98 Å². The Kier molecular flexibility index (Phi) is 5.81. The maximum absolute atomic E-state index is 12.8. The van der Waals surface area contributed by atoms with Crippen molar-refractivity contribution >= 4 is 22.9 Å². The quantitative estimate of drug-likeness (QED) is 0.633.